The molecule has 0 fully saturated rings. The molecule has 7 heteroatoms. The smallest absolute Gasteiger partial charge is 0.396 e. The third kappa shape index (κ3) is 1.85. The minimum atomic E-state index is -3.84. The Morgan fingerprint density at radius 1 is 1.14 bits per heavy atom. The van der Waals surface area contributed by atoms with E-state index in [1.807, 2.05) is 18.2 Å². The molecule has 1 aromatic carbocycles. The van der Waals surface area contributed by atoms with Crippen molar-refractivity contribution in [1.82, 2.24) is 4.48 Å². The fourth-order valence-corrected chi connectivity index (χ4v) is 4.23. The second kappa shape index (κ2) is 4.76. The molecule has 2 nitrogen and oxygen atoms in total. The van der Waals surface area contributed by atoms with Gasteiger partial charge in [0.1, 0.15) is 6.21 Å². The lowest BCUT2D eigenvalue weighted by Gasteiger charge is -2.31. The molecule has 0 radical (unpaired) electrons. The number of benzene rings is 1. The second-order valence-electron chi connectivity index (χ2n) is 5.19. The zero-order chi connectivity index (χ0) is 15.5. The fraction of sp³-hybridized carbons (Fsp3) is 0. The summed E-state index contributed by atoms with van der Waals surface area (Å²) < 4.78 is 33.3. The number of halogens is 4. The Hall–Kier alpha value is -1.47. The molecule has 0 bridgehead atoms. The number of aromatic nitrogens is 1. The lowest BCUT2D eigenvalue weighted by Crippen LogP contribution is -2.49. The maximum atomic E-state index is 14.7. The molecule has 22 heavy (non-hydrogen) atoms. The minimum absolute atomic E-state index is 0.527. The van der Waals surface area contributed by atoms with E-state index in [1.54, 1.807) is 24.3 Å². The first kappa shape index (κ1) is 14.1. The molecule has 2 aliphatic heterocycles. The van der Waals surface area contributed by atoms with Crippen molar-refractivity contribution in [3.8, 4) is 0 Å². The van der Waals surface area contributed by atoms with Gasteiger partial charge in [-0.05, 0) is 30.5 Å². The van der Waals surface area contributed by atoms with E-state index in [2.05, 4.69) is 31.9 Å². The van der Waals surface area contributed by atoms with Crippen LogP contribution in [0.2, 0.25) is 0 Å². The van der Waals surface area contributed by atoms with Crippen LogP contribution in [-0.2, 0) is 0 Å². The largest absolute Gasteiger partial charge is 0.737 e. The summed E-state index contributed by atoms with van der Waals surface area (Å²) in [6.45, 7) is -3.84. The molecule has 2 aliphatic rings. The number of hydrogen-bond donors (Lipinski definition) is 0. The first-order valence-electron chi connectivity index (χ1n) is 6.69. The lowest BCUT2D eigenvalue weighted by molar-refractivity contribution is -0.356. The normalized spacial score (nSPS) is 18.3. The van der Waals surface area contributed by atoms with Crippen molar-refractivity contribution in [2.24, 2.45) is 0 Å². The second-order valence-corrected chi connectivity index (χ2v) is 6.96. The van der Waals surface area contributed by atoms with Crippen molar-refractivity contribution in [2.75, 3.05) is 0 Å². The van der Waals surface area contributed by atoms with Crippen molar-refractivity contribution >= 4 is 50.6 Å². The summed E-state index contributed by atoms with van der Waals surface area (Å²) in [5, 5.41) is 0. The Kier molecular flexibility index (Phi) is 3.06. The molecule has 1 aromatic heterocycles. The van der Waals surface area contributed by atoms with Crippen LogP contribution in [0.15, 0.2) is 63.3 Å². The number of allylic oxidation sites excluding steroid dienone is 2. The summed E-state index contributed by atoms with van der Waals surface area (Å²) in [5.74, 6) is 0. The highest BCUT2D eigenvalue weighted by Crippen LogP contribution is 2.41. The molecule has 0 aliphatic carbocycles. The van der Waals surface area contributed by atoms with Gasteiger partial charge < -0.3 is 17.6 Å². The molecule has 0 saturated carbocycles. The number of hydrogen-bond acceptors (Lipinski definition) is 0. The average molecular weight is 426 g/mol. The lowest BCUT2D eigenvalue weighted by atomic mass is 9.86. The van der Waals surface area contributed by atoms with Crippen molar-refractivity contribution in [2.45, 2.75) is 0 Å². The van der Waals surface area contributed by atoms with Gasteiger partial charge in [0.25, 0.3) is 0 Å². The van der Waals surface area contributed by atoms with Gasteiger partial charge in [-0.15, -0.1) is 0 Å². The van der Waals surface area contributed by atoms with Gasteiger partial charge >= 0.3 is 6.97 Å². The van der Waals surface area contributed by atoms with Crippen molar-refractivity contribution in [3.63, 3.8) is 0 Å². The van der Waals surface area contributed by atoms with Gasteiger partial charge in [-0.1, -0.05) is 37.9 Å². The molecule has 0 N–H and O–H groups in total. The predicted molar refractivity (Wildman–Crippen MR) is 91.1 cm³/mol. The minimum Gasteiger partial charge on any atom is -0.396 e. The van der Waals surface area contributed by atoms with Crippen LogP contribution in [0.4, 0.5) is 8.63 Å². The summed E-state index contributed by atoms with van der Waals surface area (Å²) in [5.41, 5.74) is 2.73. The van der Waals surface area contributed by atoms with Crippen molar-refractivity contribution < 1.29 is 13.1 Å². The van der Waals surface area contributed by atoms with Gasteiger partial charge in [-0.25, -0.2) is 0 Å². The molecule has 4 rings (SSSR count). The molecule has 0 spiro atoms. The Morgan fingerprint density at radius 2 is 1.95 bits per heavy atom. The highest BCUT2D eigenvalue weighted by atomic mass is 79.9. The fourth-order valence-electron chi connectivity index (χ4n) is 2.99. The molecule has 3 heterocycles. The number of fused-ring (bicyclic) bond motifs is 2. The summed E-state index contributed by atoms with van der Waals surface area (Å²) in [4.78, 5) is 0. The third-order valence-electron chi connectivity index (χ3n) is 3.94. The number of nitrogens with zero attached hydrogens (tertiary/aromatic N) is 2. The Bertz CT molecular complexity index is 897. The first-order valence-corrected chi connectivity index (χ1v) is 8.28. The maximum Gasteiger partial charge on any atom is 0.737 e. The van der Waals surface area contributed by atoms with Gasteiger partial charge in [-0.2, -0.15) is 0 Å². The van der Waals surface area contributed by atoms with Gasteiger partial charge in [0.05, 0.1) is 5.57 Å². The van der Waals surface area contributed by atoms with E-state index >= 15 is 0 Å². The zero-order valence-corrected chi connectivity index (χ0v) is 14.4. The zero-order valence-electron chi connectivity index (χ0n) is 11.2. The van der Waals surface area contributed by atoms with Crippen LogP contribution in [0.5, 0.6) is 0 Å². The highest BCUT2D eigenvalue weighted by Gasteiger charge is 2.51. The third-order valence-corrected chi connectivity index (χ3v) is 5.09. The van der Waals surface area contributed by atoms with Crippen LogP contribution in [0.3, 0.4) is 0 Å². The van der Waals surface area contributed by atoms with Crippen LogP contribution in [-0.4, -0.2) is 22.1 Å². The molecule has 0 unspecified atom stereocenters. The summed E-state index contributed by atoms with van der Waals surface area (Å²) >= 11 is 6.96. The summed E-state index contributed by atoms with van der Waals surface area (Å²) in [7, 11) is 0. The van der Waals surface area contributed by atoms with Crippen LogP contribution in [0.25, 0.3) is 5.57 Å². The Morgan fingerprint density at radius 3 is 2.73 bits per heavy atom. The van der Waals surface area contributed by atoms with E-state index in [-0.39, 0.29) is 0 Å². The standard InChI is InChI=1S/C15H9BBr2F2N2/c17-10-5-6-11(12(18)9-10)15-13-3-1-7-21(13)16(19,20)22-8-2-4-14(15)22/h1-9H. The SMILES string of the molecule is F[B-]1(F)n2cccc2C(c2ccc(Br)cc2Br)=C2C=CC=[N+]21. The topological polar surface area (TPSA) is 7.94 Å². The molecular formula is C15H9BBr2F2N2. The van der Waals surface area contributed by atoms with E-state index in [1.165, 1.54) is 12.4 Å². The van der Waals surface area contributed by atoms with Gasteiger partial charge in [0, 0.05) is 32.4 Å². The van der Waals surface area contributed by atoms with E-state index in [4.69, 9.17) is 0 Å². The number of rotatable bonds is 1. The molecule has 2 aromatic rings. The van der Waals surface area contributed by atoms with Crippen LogP contribution < -0.4 is 0 Å². The van der Waals surface area contributed by atoms with Crippen LogP contribution in [0.1, 0.15) is 11.3 Å². The first-order chi connectivity index (χ1) is 10.5. The predicted octanol–water partition coefficient (Wildman–Crippen LogP) is 4.66. The van der Waals surface area contributed by atoms with E-state index < -0.39 is 6.97 Å². The van der Waals surface area contributed by atoms with Gasteiger partial charge in [-0.3, -0.25) is 0 Å². The van der Waals surface area contributed by atoms with Gasteiger partial charge in [0.2, 0.25) is 0 Å². The quantitative estimate of drug-likeness (QED) is 0.587. The molecular weight excluding hydrogens is 417 g/mol. The molecule has 0 atom stereocenters. The highest BCUT2D eigenvalue weighted by molar-refractivity contribution is 9.11. The van der Waals surface area contributed by atoms with Crippen LogP contribution in [0, 0.1) is 0 Å². The summed E-state index contributed by atoms with van der Waals surface area (Å²) in [6.07, 6.45) is 6.26. The van der Waals surface area contributed by atoms with E-state index in [0.29, 0.717) is 11.4 Å². The van der Waals surface area contributed by atoms with Crippen LogP contribution >= 0.6 is 31.9 Å². The Labute approximate surface area is 142 Å². The molecule has 0 saturated heterocycles. The summed E-state index contributed by atoms with van der Waals surface area (Å²) in [6, 6.07) is 9.14. The maximum absolute atomic E-state index is 14.7. The van der Waals surface area contributed by atoms with E-state index in [9.17, 15) is 8.63 Å². The van der Waals surface area contributed by atoms with Crippen molar-refractivity contribution in [1.29, 1.82) is 0 Å². The average Bonchev–Trinajstić information content (AvgIpc) is 3.11. The molecule has 110 valence electrons. The molecule has 0 amide bonds. The van der Waals surface area contributed by atoms with Crippen molar-refractivity contribution in [3.05, 3.63) is 74.6 Å². The Balaban J connectivity index is 2.07. The monoisotopic (exact) mass is 424 g/mol. The van der Waals surface area contributed by atoms with E-state index in [0.717, 1.165) is 29.0 Å². The van der Waals surface area contributed by atoms with Gasteiger partial charge in [0.15, 0.2) is 5.70 Å².